The fourth-order valence-electron chi connectivity index (χ4n) is 1.49. The van der Waals surface area contributed by atoms with Crippen molar-refractivity contribution in [1.29, 1.82) is 0 Å². The molecule has 0 unspecified atom stereocenters. The molecule has 1 N–H and O–H groups in total. The summed E-state index contributed by atoms with van der Waals surface area (Å²) in [6.45, 7) is 7.01. The summed E-state index contributed by atoms with van der Waals surface area (Å²) >= 11 is 1.79. The first-order valence-corrected chi connectivity index (χ1v) is 6.21. The number of aliphatic hydroxyl groups is 1. The van der Waals surface area contributed by atoms with Gasteiger partial charge >= 0.3 is 0 Å². The zero-order valence-corrected chi connectivity index (χ0v) is 9.88. The van der Waals surface area contributed by atoms with Crippen molar-refractivity contribution in [3.8, 4) is 0 Å². The van der Waals surface area contributed by atoms with E-state index >= 15 is 0 Å². The SMILES string of the molecule is C=CCN(CCCCO)Cc1cccs1. The minimum Gasteiger partial charge on any atom is -0.396 e. The first-order valence-electron chi connectivity index (χ1n) is 5.33. The number of nitrogens with zero attached hydrogens (tertiary/aromatic N) is 1. The van der Waals surface area contributed by atoms with Gasteiger partial charge < -0.3 is 5.11 Å². The normalized spacial score (nSPS) is 10.8. The highest BCUT2D eigenvalue weighted by atomic mass is 32.1. The Labute approximate surface area is 95.9 Å². The lowest BCUT2D eigenvalue weighted by Gasteiger charge is -2.19. The van der Waals surface area contributed by atoms with E-state index in [-0.39, 0.29) is 0 Å². The molecule has 0 aliphatic rings. The first-order chi connectivity index (χ1) is 7.36. The largest absolute Gasteiger partial charge is 0.396 e. The maximum atomic E-state index is 8.73. The van der Waals surface area contributed by atoms with Crippen molar-refractivity contribution < 1.29 is 5.11 Å². The molecular weight excluding hydrogens is 206 g/mol. The molecule has 0 amide bonds. The maximum Gasteiger partial charge on any atom is 0.0431 e. The summed E-state index contributed by atoms with van der Waals surface area (Å²) in [5.41, 5.74) is 0. The van der Waals surface area contributed by atoms with Crippen LogP contribution in [0.3, 0.4) is 0 Å². The molecule has 15 heavy (non-hydrogen) atoms. The van der Waals surface area contributed by atoms with Gasteiger partial charge in [0, 0.05) is 24.6 Å². The van der Waals surface area contributed by atoms with Gasteiger partial charge in [0.25, 0.3) is 0 Å². The van der Waals surface area contributed by atoms with Gasteiger partial charge in [0.2, 0.25) is 0 Å². The lowest BCUT2D eigenvalue weighted by atomic mass is 10.3. The summed E-state index contributed by atoms with van der Waals surface area (Å²) < 4.78 is 0. The van der Waals surface area contributed by atoms with Crippen LogP contribution in [0.25, 0.3) is 0 Å². The monoisotopic (exact) mass is 225 g/mol. The fraction of sp³-hybridized carbons (Fsp3) is 0.500. The molecule has 0 aliphatic carbocycles. The molecule has 0 aliphatic heterocycles. The standard InChI is InChI=1S/C12H19NOS/c1-2-7-13(8-3-4-9-14)11-12-6-5-10-15-12/h2,5-6,10,14H,1,3-4,7-9,11H2. The van der Waals surface area contributed by atoms with Crippen LogP contribution in [0.5, 0.6) is 0 Å². The molecule has 1 rings (SSSR count). The van der Waals surface area contributed by atoms with Crippen LogP contribution in [0.1, 0.15) is 17.7 Å². The van der Waals surface area contributed by atoms with Gasteiger partial charge in [-0.1, -0.05) is 12.1 Å². The van der Waals surface area contributed by atoms with E-state index in [1.54, 1.807) is 11.3 Å². The number of aliphatic hydroxyl groups excluding tert-OH is 1. The molecule has 0 fully saturated rings. The fourth-order valence-corrected chi connectivity index (χ4v) is 2.23. The van der Waals surface area contributed by atoms with E-state index in [1.165, 1.54) is 4.88 Å². The van der Waals surface area contributed by atoms with Crippen LogP contribution in [-0.4, -0.2) is 29.7 Å². The van der Waals surface area contributed by atoms with Gasteiger partial charge in [0.15, 0.2) is 0 Å². The summed E-state index contributed by atoms with van der Waals surface area (Å²) in [5.74, 6) is 0. The van der Waals surface area contributed by atoms with E-state index in [4.69, 9.17) is 5.11 Å². The Hall–Kier alpha value is -0.640. The second kappa shape index (κ2) is 7.63. The van der Waals surface area contributed by atoms with Crippen molar-refractivity contribution >= 4 is 11.3 Å². The van der Waals surface area contributed by atoms with E-state index < -0.39 is 0 Å². The predicted octanol–water partition coefficient (Wildman–Crippen LogP) is 2.51. The predicted molar refractivity (Wildman–Crippen MR) is 66.1 cm³/mol. The van der Waals surface area contributed by atoms with Crippen molar-refractivity contribution in [3.63, 3.8) is 0 Å². The number of rotatable bonds is 8. The van der Waals surface area contributed by atoms with Crippen LogP contribution in [-0.2, 0) is 6.54 Å². The average Bonchev–Trinajstić information content (AvgIpc) is 2.71. The molecule has 0 saturated heterocycles. The quantitative estimate of drug-likeness (QED) is 0.543. The number of unbranched alkanes of at least 4 members (excludes halogenated alkanes) is 1. The van der Waals surface area contributed by atoms with Crippen molar-refractivity contribution in [2.24, 2.45) is 0 Å². The molecular formula is C12H19NOS. The lowest BCUT2D eigenvalue weighted by molar-refractivity contribution is 0.251. The molecule has 1 heterocycles. The Balaban J connectivity index is 2.32. The van der Waals surface area contributed by atoms with E-state index in [0.717, 1.165) is 32.5 Å². The molecule has 1 aromatic heterocycles. The summed E-state index contributed by atoms with van der Waals surface area (Å²) in [7, 11) is 0. The third-order valence-corrected chi connectivity index (χ3v) is 3.09. The Morgan fingerprint density at radius 3 is 2.93 bits per heavy atom. The van der Waals surface area contributed by atoms with E-state index in [9.17, 15) is 0 Å². The smallest absolute Gasteiger partial charge is 0.0431 e. The third kappa shape index (κ3) is 5.11. The minimum absolute atomic E-state index is 0.293. The van der Waals surface area contributed by atoms with Gasteiger partial charge in [-0.2, -0.15) is 0 Å². The van der Waals surface area contributed by atoms with Gasteiger partial charge in [-0.25, -0.2) is 0 Å². The zero-order valence-electron chi connectivity index (χ0n) is 9.06. The highest BCUT2D eigenvalue weighted by Gasteiger charge is 2.04. The second-order valence-electron chi connectivity index (χ2n) is 3.53. The minimum atomic E-state index is 0.293. The molecule has 0 spiro atoms. The van der Waals surface area contributed by atoms with Crippen LogP contribution >= 0.6 is 11.3 Å². The molecule has 0 radical (unpaired) electrons. The van der Waals surface area contributed by atoms with Crippen LogP contribution in [0.2, 0.25) is 0 Å². The summed E-state index contributed by atoms with van der Waals surface area (Å²) in [6, 6.07) is 4.24. The molecule has 3 heteroatoms. The van der Waals surface area contributed by atoms with Gasteiger partial charge in [0.05, 0.1) is 0 Å². The third-order valence-electron chi connectivity index (χ3n) is 2.23. The molecule has 1 aromatic rings. The second-order valence-corrected chi connectivity index (χ2v) is 4.57. The maximum absolute atomic E-state index is 8.73. The van der Waals surface area contributed by atoms with E-state index in [1.807, 2.05) is 6.08 Å². The first kappa shape index (κ1) is 12.4. The van der Waals surface area contributed by atoms with Crippen LogP contribution in [0.15, 0.2) is 30.2 Å². The van der Waals surface area contributed by atoms with Gasteiger partial charge in [-0.15, -0.1) is 17.9 Å². The van der Waals surface area contributed by atoms with Crippen molar-refractivity contribution in [2.75, 3.05) is 19.7 Å². The van der Waals surface area contributed by atoms with Crippen LogP contribution < -0.4 is 0 Å². The van der Waals surface area contributed by atoms with Crippen molar-refractivity contribution in [1.82, 2.24) is 4.90 Å². The van der Waals surface area contributed by atoms with Gasteiger partial charge in [-0.3, -0.25) is 4.90 Å². The summed E-state index contributed by atoms with van der Waals surface area (Å²) in [6.07, 6.45) is 3.88. The highest BCUT2D eigenvalue weighted by molar-refractivity contribution is 7.09. The average molecular weight is 225 g/mol. The summed E-state index contributed by atoms with van der Waals surface area (Å²) in [4.78, 5) is 3.75. The topological polar surface area (TPSA) is 23.5 Å². The molecule has 84 valence electrons. The Morgan fingerprint density at radius 1 is 1.47 bits per heavy atom. The van der Waals surface area contributed by atoms with Crippen molar-refractivity contribution in [2.45, 2.75) is 19.4 Å². The van der Waals surface area contributed by atoms with Gasteiger partial charge in [-0.05, 0) is 30.8 Å². The van der Waals surface area contributed by atoms with E-state index in [0.29, 0.717) is 6.61 Å². The number of thiophene rings is 1. The van der Waals surface area contributed by atoms with E-state index in [2.05, 4.69) is 29.0 Å². The zero-order chi connectivity index (χ0) is 10.9. The molecule has 2 nitrogen and oxygen atoms in total. The van der Waals surface area contributed by atoms with Gasteiger partial charge in [0.1, 0.15) is 0 Å². The van der Waals surface area contributed by atoms with Crippen LogP contribution in [0, 0.1) is 0 Å². The molecule has 0 atom stereocenters. The summed E-state index contributed by atoms with van der Waals surface area (Å²) in [5, 5.41) is 10.8. The van der Waals surface area contributed by atoms with Crippen molar-refractivity contribution in [3.05, 3.63) is 35.0 Å². The van der Waals surface area contributed by atoms with Crippen LogP contribution in [0.4, 0.5) is 0 Å². The Morgan fingerprint density at radius 2 is 2.33 bits per heavy atom. The molecule has 0 saturated carbocycles. The number of hydrogen-bond donors (Lipinski definition) is 1. The Kier molecular flexibility index (Phi) is 6.32. The number of hydrogen-bond acceptors (Lipinski definition) is 3. The Bertz CT molecular complexity index is 259. The highest BCUT2D eigenvalue weighted by Crippen LogP contribution is 2.12. The molecule has 0 aromatic carbocycles. The molecule has 0 bridgehead atoms. The lowest BCUT2D eigenvalue weighted by Crippen LogP contribution is -2.24.